The van der Waals surface area contributed by atoms with E-state index in [4.69, 9.17) is 5.11 Å². The number of allylic oxidation sites excluding steroid dienone is 1. The van der Waals surface area contributed by atoms with Crippen LogP contribution in [0.1, 0.15) is 75.5 Å². The predicted molar refractivity (Wildman–Crippen MR) is 106 cm³/mol. The molecule has 0 heterocycles. The summed E-state index contributed by atoms with van der Waals surface area (Å²) in [5, 5.41) is 28.6. The van der Waals surface area contributed by atoms with Gasteiger partial charge in [-0.3, -0.25) is 4.79 Å². The van der Waals surface area contributed by atoms with E-state index in [1.807, 2.05) is 36.4 Å². The molecular formula is C22H32O4. The van der Waals surface area contributed by atoms with Crippen LogP contribution in [-0.2, 0) is 4.79 Å². The number of rotatable bonds is 13. The molecule has 1 unspecified atom stereocenters. The Balaban J connectivity index is 2.39. The van der Waals surface area contributed by atoms with Crippen molar-refractivity contribution < 1.29 is 20.1 Å². The Morgan fingerprint density at radius 1 is 1.08 bits per heavy atom. The number of carboxylic acids is 1. The van der Waals surface area contributed by atoms with E-state index in [0.717, 1.165) is 17.5 Å². The molecule has 1 aromatic rings. The van der Waals surface area contributed by atoms with Crippen LogP contribution in [0.3, 0.4) is 0 Å². The maximum absolute atomic E-state index is 10.4. The van der Waals surface area contributed by atoms with Gasteiger partial charge in [0.1, 0.15) is 0 Å². The molecule has 4 heteroatoms. The van der Waals surface area contributed by atoms with Gasteiger partial charge in [-0.2, -0.15) is 0 Å². The standard InChI is InChI=1S/C22H32O4/c1-2-3-4-5-6-7-10-21(24)19-15-12-18(13-16-19)14-17-20(23)9-8-11-22(25)26/h6-7,12-17,20-21,23-24H,2-5,8-11H2,1H3,(H,25,26)/b7-6-,17-14-/t20-,21?/m0/s1. The smallest absolute Gasteiger partial charge is 0.303 e. The topological polar surface area (TPSA) is 77.8 Å². The first-order valence-electron chi connectivity index (χ1n) is 9.54. The minimum atomic E-state index is -0.842. The molecule has 0 radical (unpaired) electrons. The van der Waals surface area contributed by atoms with Crippen molar-refractivity contribution in [2.24, 2.45) is 0 Å². The quantitative estimate of drug-likeness (QED) is 0.346. The van der Waals surface area contributed by atoms with Gasteiger partial charge in [0.25, 0.3) is 0 Å². The van der Waals surface area contributed by atoms with E-state index in [9.17, 15) is 15.0 Å². The number of hydrogen-bond donors (Lipinski definition) is 3. The Morgan fingerprint density at radius 2 is 1.81 bits per heavy atom. The van der Waals surface area contributed by atoms with E-state index in [1.54, 1.807) is 6.08 Å². The molecule has 0 aliphatic carbocycles. The molecule has 1 aromatic carbocycles. The first kappa shape index (κ1) is 22.1. The number of aliphatic hydroxyl groups excluding tert-OH is 2. The molecule has 2 atom stereocenters. The third-order valence-corrected chi connectivity index (χ3v) is 4.22. The number of hydrogen-bond acceptors (Lipinski definition) is 3. The summed E-state index contributed by atoms with van der Waals surface area (Å²) < 4.78 is 0. The Morgan fingerprint density at radius 3 is 2.46 bits per heavy atom. The highest BCUT2D eigenvalue weighted by atomic mass is 16.4. The molecule has 144 valence electrons. The lowest BCUT2D eigenvalue weighted by Crippen LogP contribution is -2.03. The maximum Gasteiger partial charge on any atom is 0.303 e. The molecule has 3 N–H and O–H groups in total. The summed E-state index contributed by atoms with van der Waals surface area (Å²) in [5.74, 6) is -0.842. The Bertz CT molecular complexity index is 560. The molecule has 1 rings (SSSR count). The Labute approximate surface area is 156 Å². The monoisotopic (exact) mass is 360 g/mol. The lowest BCUT2D eigenvalue weighted by molar-refractivity contribution is -0.137. The van der Waals surface area contributed by atoms with Crippen molar-refractivity contribution in [3.8, 4) is 0 Å². The van der Waals surface area contributed by atoms with Crippen LogP contribution in [0.2, 0.25) is 0 Å². The van der Waals surface area contributed by atoms with Crippen LogP contribution < -0.4 is 0 Å². The van der Waals surface area contributed by atoms with Gasteiger partial charge in [0, 0.05) is 6.42 Å². The van der Waals surface area contributed by atoms with Crippen molar-refractivity contribution in [2.45, 2.75) is 70.5 Å². The summed E-state index contributed by atoms with van der Waals surface area (Å²) in [6.45, 7) is 2.19. The first-order chi connectivity index (χ1) is 12.5. The lowest BCUT2D eigenvalue weighted by Gasteiger charge is -2.09. The average molecular weight is 360 g/mol. The van der Waals surface area contributed by atoms with Crippen LogP contribution in [-0.4, -0.2) is 27.4 Å². The molecule has 26 heavy (non-hydrogen) atoms. The zero-order valence-electron chi connectivity index (χ0n) is 15.7. The van der Waals surface area contributed by atoms with Gasteiger partial charge in [0.2, 0.25) is 0 Å². The van der Waals surface area contributed by atoms with E-state index in [1.165, 1.54) is 19.3 Å². The number of benzene rings is 1. The van der Waals surface area contributed by atoms with E-state index in [0.29, 0.717) is 19.3 Å². The van der Waals surface area contributed by atoms with Crippen molar-refractivity contribution in [3.63, 3.8) is 0 Å². The fourth-order valence-corrected chi connectivity index (χ4v) is 2.60. The highest BCUT2D eigenvalue weighted by Crippen LogP contribution is 2.19. The number of carboxylic acid groups (broad SMARTS) is 1. The lowest BCUT2D eigenvalue weighted by atomic mass is 10.0. The Kier molecular flexibility index (Phi) is 11.3. The second-order valence-corrected chi connectivity index (χ2v) is 6.60. The van der Waals surface area contributed by atoms with E-state index < -0.39 is 18.2 Å². The summed E-state index contributed by atoms with van der Waals surface area (Å²) in [7, 11) is 0. The molecule has 0 bridgehead atoms. The van der Waals surface area contributed by atoms with Crippen molar-refractivity contribution >= 4 is 12.0 Å². The van der Waals surface area contributed by atoms with Crippen molar-refractivity contribution in [1.29, 1.82) is 0 Å². The van der Waals surface area contributed by atoms with Crippen molar-refractivity contribution in [2.75, 3.05) is 0 Å². The summed E-state index contributed by atoms with van der Waals surface area (Å²) in [6.07, 6.45) is 12.8. The molecule has 4 nitrogen and oxygen atoms in total. The normalized spacial score (nSPS) is 14.1. The van der Waals surface area contributed by atoms with Gasteiger partial charge in [0.05, 0.1) is 12.2 Å². The number of unbranched alkanes of at least 4 members (excludes halogenated alkanes) is 3. The molecular weight excluding hydrogens is 328 g/mol. The Hall–Kier alpha value is -1.91. The van der Waals surface area contributed by atoms with Crippen LogP contribution in [0.25, 0.3) is 6.08 Å². The largest absolute Gasteiger partial charge is 0.481 e. The summed E-state index contributed by atoms with van der Waals surface area (Å²) in [4.78, 5) is 10.4. The molecule has 0 saturated carbocycles. The molecule has 0 amide bonds. The minimum absolute atomic E-state index is 0.0739. The average Bonchev–Trinajstić information content (AvgIpc) is 2.63. The van der Waals surface area contributed by atoms with Crippen LogP contribution in [0.15, 0.2) is 42.5 Å². The van der Waals surface area contributed by atoms with Crippen molar-refractivity contribution in [3.05, 3.63) is 53.6 Å². The van der Waals surface area contributed by atoms with Gasteiger partial charge < -0.3 is 15.3 Å². The third kappa shape index (κ3) is 10.2. The zero-order valence-corrected chi connectivity index (χ0v) is 15.7. The number of carbonyl (C=O) groups is 1. The van der Waals surface area contributed by atoms with Crippen LogP contribution in [0.5, 0.6) is 0 Å². The van der Waals surface area contributed by atoms with Gasteiger partial charge in [0.15, 0.2) is 0 Å². The van der Waals surface area contributed by atoms with Gasteiger partial charge in [-0.05, 0) is 43.2 Å². The molecule has 0 spiro atoms. The molecule has 0 fully saturated rings. The second kappa shape index (κ2) is 13.3. The summed E-state index contributed by atoms with van der Waals surface area (Å²) in [6, 6.07) is 7.60. The van der Waals surface area contributed by atoms with Gasteiger partial charge in [-0.15, -0.1) is 0 Å². The second-order valence-electron chi connectivity index (χ2n) is 6.60. The van der Waals surface area contributed by atoms with Gasteiger partial charge in [-0.1, -0.05) is 68.3 Å². The first-order valence-corrected chi connectivity index (χ1v) is 9.54. The maximum atomic E-state index is 10.4. The van der Waals surface area contributed by atoms with Crippen molar-refractivity contribution in [1.82, 2.24) is 0 Å². The van der Waals surface area contributed by atoms with E-state index in [2.05, 4.69) is 13.0 Å². The number of aliphatic carboxylic acids is 1. The van der Waals surface area contributed by atoms with Gasteiger partial charge >= 0.3 is 5.97 Å². The fourth-order valence-electron chi connectivity index (χ4n) is 2.60. The van der Waals surface area contributed by atoms with Gasteiger partial charge in [-0.25, -0.2) is 0 Å². The third-order valence-electron chi connectivity index (χ3n) is 4.22. The SMILES string of the molecule is CCCCC/C=C\CC(O)c1ccc(/C=C\[C@@H](O)CCCC(=O)O)cc1. The molecule has 0 aliphatic heterocycles. The summed E-state index contributed by atoms with van der Waals surface area (Å²) >= 11 is 0. The van der Waals surface area contributed by atoms with E-state index in [-0.39, 0.29) is 6.42 Å². The predicted octanol–water partition coefficient (Wildman–Crippen LogP) is 4.88. The highest BCUT2D eigenvalue weighted by Gasteiger charge is 2.05. The van der Waals surface area contributed by atoms with Crippen LogP contribution >= 0.6 is 0 Å². The fraction of sp³-hybridized carbons (Fsp3) is 0.500. The zero-order chi connectivity index (χ0) is 19.2. The van der Waals surface area contributed by atoms with E-state index >= 15 is 0 Å². The van der Waals surface area contributed by atoms with Crippen LogP contribution in [0, 0.1) is 0 Å². The molecule has 0 saturated heterocycles. The molecule has 0 aliphatic rings. The minimum Gasteiger partial charge on any atom is -0.481 e. The van der Waals surface area contributed by atoms with Crippen LogP contribution in [0.4, 0.5) is 0 Å². The summed E-state index contributed by atoms with van der Waals surface area (Å²) in [5.41, 5.74) is 1.82. The molecule has 0 aromatic heterocycles. The number of aliphatic hydroxyl groups is 2. The highest BCUT2D eigenvalue weighted by molar-refractivity contribution is 5.66.